The van der Waals surface area contributed by atoms with Crippen LogP contribution >= 0.6 is 11.8 Å². The first-order chi connectivity index (χ1) is 8.33. The molecule has 5 heteroatoms. The molecule has 0 bridgehead atoms. The van der Waals surface area contributed by atoms with Crippen LogP contribution in [0.1, 0.15) is 26.7 Å². The van der Waals surface area contributed by atoms with Crippen LogP contribution in [0.15, 0.2) is 23.1 Å². The molecule has 1 aromatic rings. The van der Waals surface area contributed by atoms with Crippen LogP contribution in [-0.2, 0) is 0 Å². The molecule has 0 spiro atoms. The minimum Gasteiger partial charge on any atom is -0.387 e. The highest BCUT2D eigenvalue weighted by Crippen LogP contribution is 2.27. The van der Waals surface area contributed by atoms with Gasteiger partial charge in [-0.3, -0.25) is 5.41 Å². The normalized spacial score (nSPS) is 11.6. The number of rotatable bonds is 6. The van der Waals surface area contributed by atoms with Crippen molar-refractivity contribution in [2.45, 2.75) is 31.6 Å². The van der Waals surface area contributed by atoms with Gasteiger partial charge in [0.1, 0.15) is 11.6 Å². The Labute approximate surface area is 110 Å². The zero-order valence-corrected chi connectivity index (χ0v) is 11.4. The summed E-state index contributed by atoms with van der Waals surface area (Å²) in [5, 5.41) is 7.42. The van der Waals surface area contributed by atoms with Crippen molar-refractivity contribution >= 4 is 17.6 Å². The van der Waals surface area contributed by atoms with Crippen molar-refractivity contribution in [3.05, 3.63) is 29.8 Å². The third kappa shape index (κ3) is 4.29. The number of hydrogen-bond acceptors (Lipinski definition) is 2. The Balaban J connectivity index is 2.43. The van der Waals surface area contributed by atoms with E-state index in [2.05, 4.69) is 0 Å². The van der Waals surface area contributed by atoms with Gasteiger partial charge < -0.3 is 5.73 Å². The lowest BCUT2D eigenvalue weighted by Gasteiger charge is -2.22. The van der Waals surface area contributed by atoms with Gasteiger partial charge in [0.25, 0.3) is 0 Å². The molecule has 0 aliphatic rings. The topological polar surface area (TPSA) is 49.9 Å². The average Bonchev–Trinajstić information content (AvgIpc) is 2.28. The Morgan fingerprint density at radius 2 is 2.06 bits per heavy atom. The van der Waals surface area contributed by atoms with Crippen LogP contribution < -0.4 is 5.73 Å². The van der Waals surface area contributed by atoms with Crippen molar-refractivity contribution in [2.75, 3.05) is 5.75 Å². The summed E-state index contributed by atoms with van der Waals surface area (Å²) >= 11 is 1.29. The van der Waals surface area contributed by atoms with E-state index in [0.29, 0.717) is 10.6 Å². The van der Waals surface area contributed by atoms with Gasteiger partial charge in [-0.2, -0.15) is 0 Å². The lowest BCUT2D eigenvalue weighted by Crippen LogP contribution is -2.30. The van der Waals surface area contributed by atoms with E-state index in [1.165, 1.54) is 17.8 Å². The van der Waals surface area contributed by atoms with Crippen LogP contribution in [0.4, 0.5) is 8.78 Å². The second-order valence-electron chi connectivity index (χ2n) is 4.82. The number of nitrogens with one attached hydrogen (secondary N) is 1. The Morgan fingerprint density at radius 1 is 1.39 bits per heavy atom. The maximum absolute atomic E-state index is 13.3. The second kappa shape index (κ2) is 6.18. The van der Waals surface area contributed by atoms with E-state index in [-0.39, 0.29) is 11.3 Å². The number of nitrogens with two attached hydrogens (primary N) is 1. The third-order valence-electron chi connectivity index (χ3n) is 2.83. The molecule has 0 heterocycles. The van der Waals surface area contributed by atoms with Gasteiger partial charge in [0, 0.05) is 10.3 Å². The summed E-state index contributed by atoms with van der Waals surface area (Å²) in [4.78, 5) is 0.329. The third-order valence-corrected chi connectivity index (χ3v) is 3.94. The first kappa shape index (κ1) is 15.0. The molecule has 0 aliphatic carbocycles. The lowest BCUT2D eigenvalue weighted by atomic mass is 9.87. The van der Waals surface area contributed by atoms with E-state index in [4.69, 9.17) is 11.1 Å². The van der Waals surface area contributed by atoms with Crippen molar-refractivity contribution < 1.29 is 8.78 Å². The Hall–Kier alpha value is -1.10. The second-order valence-corrected chi connectivity index (χ2v) is 5.96. The largest absolute Gasteiger partial charge is 0.387 e. The van der Waals surface area contributed by atoms with E-state index in [0.717, 1.165) is 25.0 Å². The molecule has 1 aromatic carbocycles. The molecule has 18 heavy (non-hydrogen) atoms. The molecule has 1 rings (SSSR count). The van der Waals surface area contributed by atoms with Gasteiger partial charge in [0.2, 0.25) is 0 Å². The summed E-state index contributed by atoms with van der Waals surface area (Å²) in [7, 11) is 0. The highest BCUT2D eigenvalue weighted by atomic mass is 32.2. The molecule has 0 saturated heterocycles. The van der Waals surface area contributed by atoms with Crippen LogP contribution in [0.25, 0.3) is 0 Å². The number of thioether (sulfide) groups is 1. The van der Waals surface area contributed by atoms with Gasteiger partial charge in [-0.05, 0) is 36.8 Å². The summed E-state index contributed by atoms with van der Waals surface area (Å²) in [5.74, 6) is 0.0107. The van der Waals surface area contributed by atoms with Crippen LogP contribution in [0.2, 0.25) is 0 Å². The van der Waals surface area contributed by atoms with E-state index in [9.17, 15) is 8.78 Å². The van der Waals surface area contributed by atoms with E-state index >= 15 is 0 Å². The predicted octanol–water partition coefficient (Wildman–Crippen LogP) is 3.80. The molecule has 0 fully saturated rings. The predicted molar refractivity (Wildman–Crippen MR) is 72.0 cm³/mol. The molecule has 0 amide bonds. The van der Waals surface area contributed by atoms with Crippen LogP contribution in [0, 0.1) is 22.5 Å². The van der Waals surface area contributed by atoms with Crippen LogP contribution in [0.5, 0.6) is 0 Å². The Kier molecular flexibility index (Phi) is 5.14. The number of benzene rings is 1. The molecule has 2 nitrogen and oxygen atoms in total. The first-order valence-corrected chi connectivity index (χ1v) is 6.74. The highest BCUT2D eigenvalue weighted by Gasteiger charge is 2.20. The maximum Gasteiger partial charge on any atom is 0.136 e. The molecule has 0 aliphatic heterocycles. The zero-order valence-electron chi connectivity index (χ0n) is 10.6. The van der Waals surface area contributed by atoms with E-state index in [1.807, 2.05) is 13.8 Å². The molecule has 0 saturated carbocycles. The van der Waals surface area contributed by atoms with Gasteiger partial charge >= 0.3 is 0 Å². The monoisotopic (exact) mass is 272 g/mol. The average molecular weight is 272 g/mol. The molecule has 0 atom stereocenters. The first-order valence-electron chi connectivity index (χ1n) is 5.75. The molecular weight excluding hydrogens is 254 g/mol. The molecule has 100 valence electrons. The maximum atomic E-state index is 13.3. The minimum absolute atomic E-state index is 0.157. The van der Waals surface area contributed by atoms with E-state index < -0.39 is 11.6 Å². The quantitative estimate of drug-likeness (QED) is 0.358. The zero-order chi connectivity index (χ0) is 13.8. The highest BCUT2D eigenvalue weighted by molar-refractivity contribution is 7.99. The fourth-order valence-electron chi connectivity index (χ4n) is 1.42. The summed E-state index contributed by atoms with van der Waals surface area (Å²) in [5.41, 5.74) is 5.14. The van der Waals surface area contributed by atoms with Gasteiger partial charge in [-0.15, -0.1) is 11.8 Å². The standard InChI is InChI=1S/C13H18F2N2S/c1-13(2,12(16)17)6-3-7-18-11-8-9(14)4-5-10(11)15/h4-5,8H,3,6-7H2,1-2H3,(H3,16,17). The molecule has 3 N–H and O–H groups in total. The van der Waals surface area contributed by atoms with Gasteiger partial charge in [0.15, 0.2) is 0 Å². The minimum atomic E-state index is -0.428. The van der Waals surface area contributed by atoms with Crippen molar-refractivity contribution in [1.82, 2.24) is 0 Å². The number of halogens is 2. The molecule has 0 unspecified atom stereocenters. The smallest absolute Gasteiger partial charge is 0.136 e. The van der Waals surface area contributed by atoms with Crippen molar-refractivity contribution in [3.8, 4) is 0 Å². The fraction of sp³-hybridized carbons (Fsp3) is 0.462. The molecule has 0 radical (unpaired) electrons. The number of amidine groups is 1. The summed E-state index contributed by atoms with van der Waals surface area (Å²) in [6, 6.07) is 3.45. The van der Waals surface area contributed by atoms with Crippen LogP contribution in [-0.4, -0.2) is 11.6 Å². The SMILES string of the molecule is CC(C)(CCCSc1cc(F)ccc1F)C(=N)N. The Morgan fingerprint density at radius 3 is 2.67 bits per heavy atom. The summed E-state index contributed by atoms with van der Waals surface area (Å²) in [6.45, 7) is 3.81. The Bertz CT molecular complexity index is 433. The van der Waals surface area contributed by atoms with Gasteiger partial charge in [-0.1, -0.05) is 13.8 Å². The lowest BCUT2D eigenvalue weighted by molar-refractivity contribution is 0.464. The van der Waals surface area contributed by atoms with Crippen LogP contribution in [0.3, 0.4) is 0 Å². The molecule has 0 aromatic heterocycles. The van der Waals surface area contributed by atoms with E-state index in [1.54, 1.807) is 0 Å². The van der Waals surface area contributed by atoms with Gasteiger partial charge in [0.05, 0.1) is 5.84 Å². The van der Waals surface area contributed by atoms with Crippen molar-refractivity contribution in [1.29, 1.82) is 5.41 Å². The number of hydrogen-bond donors (Lipinski definition) is 2. The summed E-state index contributed by atoms with van der Waals surface area (Å²) < 4.78 is 26.2. The fourth-order valence-corrected chi connectivity index (χ4v) is 2.33. The van der Waals surface area contributed by atoms with Crippen molar-refractivity contribution in [2.24, 2.45) is 11.1 Å². The molecular formula is C13H18F2N2S. The van der Waals surface area contributed by atoms with Gasteiger partial charge in [-0.25, -0.2) is 8.78 Å². The summed E-state index contributed by atoms with van der Waals surface area (Å²) in [6.07, 6.45) is 1.56. The van der Waals surface area contributed by atoms with Crippen molar-refractivity contribution in [3.63, 3.8) is 0 Å².